The summed E-state index contributed by atoms with van der Waals surface area (Å²) in [6.45, 7) is 10.8. The topological polar surface area (TPSA) is 79.7 Å². The number of carboxylic acid groups (broad SMARTS) is 1. The minimum Gasteiger partial charge on any atom is -0.492 e. The van der Waals surface area contributed by atoms with Crippen molar-refractivity contribution in [2.24, 2.45) is 11.8 Å². The predicted molar refractivity (Wildman–Crippen MR) is 132 cm³/mol. The summed E-state index contributed by atoms with van der Waals surface area (Å²) < 4.78 is 5.82. The Morgan fingerprint density at radius 2 is 1.97 bits per heavy atom. The second-order valence-electron chi connectivity index (χ2n) is 10.2. The molecule has 0 aliphatic heterocycles. The molecular formula is C26H36N2O4S. The van der Waals surface area contributed by atoms with Crippen LogP contribution in [0.3, 0.4) is 0 Å². The van der Waals surface area contributed by atoms with Crippen LogP contribution < -0.4 is 9.64 Å². The lowest BCUT2D eigenvalue weighted by atomic mass is 9.82. The first-order valence-electron chi connectivity index (χ1n) is 11.8. The van der Waals surface area contributed by atoms with E-state index in [0.29, 0.717) is 30.4 Å². The van der Waals surface area contributed by atoms with Crippen molar-refractivity contribution in [3.8, 4) is 5.75 Å². The molecule has 0 spiro atoms. The molecule has 1 aliphatic rings. The van der Waals surface area contributed by atoms with E-state index in [9.17, 15) is 14.7 Å². The maximum Gasteiger partial charge on any atom is 0.348 e. The van der Waals surface area contributed by atoms with Crippen LogP contribution in [0.15, 0.2) is 30.6 Å². The number of thiophene rings is 1. The Balaban J connectivity index is 1.89. The highest BCUT2D eigenvalue weighted by atomic mass is 32.1. The SMILES string of the molecule is C[C@@H](CCOc1cccnc1)N(c1cc(C(C)(C)C)sc1C(=O)O)C(=O)[C@H]1CC[C@H](C)CC1. The number of pyridine rings is 1. The molecule has 0 bridgehead atoms. The number of rotatable bonds is 8. The summed E-state index contributed by atoms with van der Waals surface area (Å²) in [5.41, 5.74) is 0.323. The summed E-state index contributed by atoms with van der Waals surface area (Å²) in [7, 11) is 0. The number of carbonyl (C=O) groups excluding carboxylic acids is 1. The van der Waals surface area contributed by atoms with Gasteiger partial charge in [0, 0.05) is 29.5 Å². The van der Waals surface area contributed by atoms with E-state index in [1.807, 2.05) is 25.1 Å². The van der Waals surface area contributed by atoms with Gasteiger partial charge < -0.3 is 14.7 Å². The first kappa shape index (κ1) is 25.2. The van der Waals surface area contributed by atoms with Crippen molar-refractivity contribution in [2.75, 3.05) is 11.5 Å². The van der Waals surface area contributed by atoms with E-state index in [1.165, 1.54) is 11.3 Å². The standard InChI is InChI=1S/C26H36N2O4S/c1-17-8-10-19(11-9-17)24(29)28(18(2)12-14-32-20-7-6-13-27-16-20)21-15-22(26(3,4)5)33-23(21)25(30)31/h6-7,13,15-19H,8-12,14H2,1-5H3,(H,30,31)/t17-,18-,19-/m0/s1. The van der Waals surface area contributed by atoms with Crippen molar-refractivity contribution in [1.29, 1.82) is 0 Å². The number of ether oxygens (including phenoxy) is 1. The Kier molecular flexibility index (Phi) is 8.16. The molecule has 0 saturated heterocycles. The monoisotopic (exact) mass is 472 g/mol. The highest BCUT2D eigenvalue weighted by molar-refractivity contribution is 7.14. The van der Waals surface area contributed by atoms with Crippen LogP contribution >= 0.6 is 11.3 Å². The molecule has 0 radical (unpaired) electrons. The average Bonchev–Trinajstić information content (AvgIpc) is 3.21. The number of carboxylic acids is 1. The summed E-state index contributed by atoms with van der Waals surface area (Å²) in [5, 5.41) is 9.97. The number of aromatic nitrogens is 1. The van der Waals surface area contributed by atoms with Gasteiger partial charge in [-0.05, 0) is 62.1 Å². The van der Waals surface area contributed by atoms with Crippen molar-refractivity contribution >= 4 is 28.9 Å². The minimum atomic E-state index is -0.987. The molecule has 2 aromatic heterocycles. The Bertz CT molecular complexity index is 943. The molecular weight excluding hydrogens is 436 g/mol. The van der Waals surface area contributed by atoms with Gasteiger partial charge in [0.25, 0.3) is 0 Å². The van der Waals surface area contributed by atoms with E-state index >= 15 is 0 Å². The predicted octanol–water partition coefficient (Wildman–Crippen LogP) is 6.16. The molecule has 1 amide bonds. The molecule has 1 N–H and O–H groups in total. The lowest BCUT2D eigenvalue weighted by Crippen LogP contribution is -2.44. The van der Waals surface area contributed by atoms with Crippen molar-refractivity contribution in [2.45, 2.75) is 78.2 Å². The molecule has 33 heavy (non-hydrogen) atoms. The smallest absolute Gasteiger partial charge is 0.348 e. The van der Waals surface area contributed by atoms with Gasteiger partial charge in [0.05, 0.1) is 18.5 Å². The lowest BCUT2D eigenvalue weighted by molar-refractivity contribution is -0.124. The number of nitrogens with zero attached hydrogens (tertiary/aromatic N) is 2. The normalized spacial score (nSPS) is 19.7. The van der Waals surface area contributed by atoms with Crippen molar-refractivity contribution < 1.29 is 19.4 Å². The number of anilines is 1. The molecule has 0 unspecified atom stereocenters. The van der Waals surface area contributed by atoms with E-state index in [0.717, 1.165) is 30.6 Å². The molecule has 1 saturated carbocycles. The average molecular weight is 473 g/mol. The molecule has 1 aliphatic carbocycles. The zero-order valence-corrected chi connectivity index (χ0v) is 21.2. The Labute approximate surface area is 201 Å². The van der Waals surface area contributed by atoms with Crippen LogP contribution in [0.2, 0.25) is 0 Å². The van der Waals surface area contributed by atoms with Crippen LogP contribution in [0, 0.1) is 11.8 Å². The van der Waals surface area contributed by atoms with E-state index in [1.54, 1.807) is 17.3 Å². The van der Waals surface area contributed by atoms with Gasteiger partial charge in [0.15, 0.2) is 0 Å². The van der Waals surface area contributed by atoms with Gasteiger partial charge in [-0.2, -0.15) is 0 Å². The molecule has 1 fully saturated rings. The molecule has 1 atom stereocenters. The minimum absolute atomic E-state index is 0.0385. The first-order valence-corrected chi connectivity index (χ1v) is 12.6. The van der Waals surface area contributed by atoms with Crippen LogP contribution in [0.1, 0.15) is 81.3 Å². The van der Waals surface area contributed by atoms with Crippen LogP contribution in [0.25, 0.3) is 0 Å². The second-order valence-corrected chi connectivity index (χ2v) is 11.3. The maximum absolute atomic E-state index is 13.8. The van der Waals surface area contributed by atoms with E-state index in [2.05, 4.69) is 32.7 Å². The number of hydrogen-bond donors (Lipinski definition) is 1. The van der Waals surface area contributed by atoms with Crippen molar-refractivity contribution in [3.63, 3.8) is 0 Å². The Morgan fingerprint density at radius 1 is 1.27 bits per heavy atom. The quantitative estimate of drug-likeness (QED) is 0.498. The van der Waals surface area contributed by atoms with Gasteiger partial charge in [-0.3, -0.25) is 9.78 Å². The summed E-state index contributed by atoms with van der Waals surface area (Å²) in [6.07, 6.45) is 7.72. The number of aromatic carboxylic acids is 1. The largest absolute Gasteiger partial charge is 0.492 e. The van der Waals surface area contributed by atoms with Gasteiger partial charge in [-0.25, -0.2) is 4.79 Å². The zero-order chi connectivity index (χ0) is 24.2. The van der Waals surface area contributed by atoms with Gasteiger partial charge in [0.2, 0.25) is 5.91 Å². The van der Waals surface area contributed by atoms with Crippen molar-refractivity contribution in [3.05, 3.63) is 40.3 Å². The fourth-order valence-corrected chi connectivity index (χ4v) is 5.31. The summed E-state index contributed by atoms with van der Waals surface area (Å²) >= 11 is 1.27. The van der Waals surface area contributed by atoms with Gasteiger partial charge >= 0.3 is 5.97 Å². The molecule has 0 aromatic carbocycles. The van der Waals surface area contributed by atoms with Crippen LogP contribution in [-0.4, -0.2) is 34.6 Å². The summed E-state index contributed by atoms with van der Waals surface area (Å²) in [4.78, 5) is 33.0. The van der Waals surface area contributed by atoms with Crippen LogP contribution in [0.4, 0.5) is 5.69 Å². The van der Waals surface area contributed by atoms with Gasteiger partial charge in [-0.1, -0.05) is 27.7 Å². The van der Waals surface area contributed by atoms with Crippen LogP contribution in [-0.2, 0) is 10.2 Å². The third-order valence-electron chi connectivity index (χ3n) is 6.39. The summed E-state index contributed by atoms with van der Waals surface area (Å²) in [5.74, 6) is 0.301. The number of carbonyl (C=O) groups is 2. The van der Waals surface area contributed by atoms with E-state index in [4.69, 9.17) is 4.74 Å². The first-order chi connectivity index (χ1) is 15.6. The molecule has 6 nitrogen and oxygen atoms in total. The summed E-state index contributed by atoms with van der Waals surface area (Å²) in [6, 6.07) is 5.38. The number of amides is 1. The Morgan fingerprint density at radius 3 is 2.55 bits per heavy atom. The molecule has 2 heterocycles. The van der Waals surface area contributed by atoms with E-state index in [-0.39, 0.29) is 28.2 Å². The molecule has 7 heteroatoms. The zero-order valence-electron chi connectivity index (χ0n) is 20.3. The third-order valence-corrected chi connectivity index (χ3v) is 7.93. The van der Waals surface area contributed by atoms with Gasteiger partial charge in [-0.15, -0.1) is 11.3 Å². The maximum atomic E-state index is 13.8. The Hall–Kier alpha value is -2.41. The fourth-order valence-electron chi connectivity index (χ4n) is 4.27. The van der Waals surface area contributed by atoms with Crippen LogP contribution in [0.5, 0.6) is 5.75 Å². The molecule has 180 valence electrons. The highest BCUT2D eigenvalue weighted by Crippen LogP contribution is 2.40. The lowest BCUT2D eigenvalue weighted by Gasteiger charge is -2.35. The fraction of sp³-hybridized carbons (Fsp3) is 0.577. The third kappa shape index (κ3) is 6.34. The highest BCUT2D eigenvalue weighted by Gasteiger charge is 2.35. The number of hydrogen-bond acceptors (Lipinski definition) is 5. The molecule has 2 aromatic rings. The molecule has 3 rings (SSSR count). The van der Waals surface area contributed by atoms with Gasteiger partial charge in [0.1, 0.15) is 10.6 Å². The van der Waals surface area contributed by atoms with Crippen molar-refractivity contribution in [1.82, 2.24) is 4.98 Å². The second kappa shape index (κ2) is 10.7. The van der Waals surface area contributed by atoms with E-state index < -0.39 is 5.97 Å².